The predicted octanol–water partition coefficient (Wildman–Crippen LogP) is 4.90. The van der Waals surface area contributed by atoms with Crippen LogP contribution in [0.4, 0.5) is 11.5 Å². The van der Waals surface area contributed by atoms with Gasteiger partial charge in [-0.25, -0.2) is 9.97 Å². The fraction of sp³-hybridized carbons (Fsp3) is 0.429. The number of morpholine rings is 1. The molecule has 0 bridgehead atoms. The van der Waals surface area contributed by atoms with Gasteiger partial charge in [0.1, 0.15) is 17.8 Å². The van der Waals surface area contributed by atoms with Gasteiger partial charge in [-0.1, -0.05) is 24.3 Å². The molecule has 2 fully saturated rings. The molecule has 2 aromatic heterocycles. The van der Waals surface area contributed by atoms with Crippen molar-refractivity contribution in [3.05, 3.63) is 48.8 Å². The third-order valence-corrected chi connectivity index (χ3v) is 7.69. The third kappa shape index (κ3) is 4.34. The van der Waals surface area contributed by atoms with Crippen LogP contribution in [0, 0.1) is 0 Å². The standard InChI is InChI=1S/C28H34N6O/c1-33(2)25-6-4-3-5-22(25)19-7-12-24-23(17-19)26-27(29-18-30-28(26)32-24)31-20-8-10-21(11-9-20)34-13-15-35-16-14-34/h3-7,12,17-18,20-21H,8-11,13-16H2,1-2H3,(H2,29,30,31,32)/t20-,21-. The van der Waals surface area contributed by atoms with Gasteiger partial charge in [0, 0.05) is 61.4 Å². The summed E-state index contributed by atoms with van der Waals surface area (Å²) in [5.74, 6) is 0.939. The topological polar surface area (TPSA) is 69.3 Å². The highest BCUT2D eigenvalue weighted by atomic mass is 16.5. The normalized spacial score (nSPS) is 21.4. The number of ether oxygens (including phenoxy) is 1. The van der Waals surface area contributed by atoms with E-state index < -0.39 is 0 Å². The molecule has 2 aromatic carbocycles. The van der Waals surface area contributed by atoms with Crippen LogP contribution in [0.15, 0.2) is 48.8 Å². The molecule has 182 valence electrons. The zero-order valence-corrected chi connectivity index (χ0v) is 20.6. The fourth-order valence-electron chi connectivity index (χ4n) is 5.83. The maximum absolute atomic E-state index is 5.54. The van der Waals surface area contributed by atoms with Crippen molar-refractivity contribution in [3.63, 3.8) is 0 Å². The van der Waals surface area contributed by atoms with E-state index in [9.17, 15) is 0 Å². The molecule has 0 unspecified atom stereocenters. The molecule has 35 heavy (non-hydrogen) atoms. The van der Waals surface area contributed by atoms with Crippen molar-refractivity contribution in [2.45, 2.75) is 37.8 Å². The number of nitrogens with zero attached hydrogens (tertiary/aromatic N) is 4. The summed E-state index contributed by atoms with van der Waals surface area (Å²) in [6, 6.07) is 16.3. The van der Waals surface area contributed by atoms with Crippen molar-refractivity contribution in [3.8, 4) is 11.1 Å². The lowest BCUT2D eigenvalue weighted by Gasteiger charge is -2.39. The van der Waals surface area contributed by atoms with Crippen LogP contribution in [0.3, 0.4) is 0 Å². The Bertz CT molecular complexity index is 1320. The Labute approximate surface area is 206 Å². The van der Waals surface area contributed by atoms with Crippen LogP contribution in [0.2, 0.25) is 0 Å². The summed E-state index contributed by atoms with van der Waals surface area (Å²) < 4.78 is 5.54. The molecule has 3 heterocycles. The summed E-state index contributed by atoms with van der Waals surface area (Å²) in [6.45, 7) is 3.89. The lowest BCUT2D eigenvalue weighted by Crippen LogP contribution is -2.46. The monoisotopic (exact) mass is 470 g/mol. The molecule has 4 aromatic rings. The first-order valence-electron chi connectivity index (χ1n) is 12.8. The summed E-state index contributed by atoms with van der Waals surface area (Å²) in [5, 5.41) is 6.04. The highest BCUT2D eigenvalue weighted by molar-refractivity contribution is 6.12. The van der Waals surface area contributed by atoms with Gasteiger partial charge in [0.05, 0.1) is 18.6 Å². The van der Waals surface area contributed by atoms with Gasteiger partial charge in [-0.15, -0.1) is 0 Å². The number of H-pyrrole nitrogens is 1. The van der Waals surface area contributed by atoms with Crippen LogP contribution in [-0.2, 0) is 4.74 Å². The number of hydrogen-bond donors (Lipinski definition) is 2. The Morgan fingerprint density at radius 3 is 2.60 bits per heavy atom. The van der Waals surface area contributed by atoms with Crippen LogP contribution in [-0.4, -0.2) is 72.3 Å². The van der Waals surface area contributed by atoms with Gasteiger partial charge in [-0.05, 0) is 49.4 Å². The Hall–Kier alpha value is -3.16. The first-order chi connectivity index (χ1) is 17.2. The number of rotatable bonds is 5. The van der Waals surface area contributed by atoms with Crippen molar-refractivity contribution in [2.75, 3.05) is 50.6 Å². The molecular weight excluding hydrogens is 436 g/mol. The second-order valence-electron chi connectivity index (χ2n) is 10.0. The molecule has 7 nitrogen and oxygen atoms in total. The van der Waals surface area contributed by atoms with Gasteiger partial charge in [-0.2, -0.15) is 0 Å². The van der Waals surface area contributed by atoms with Crippen molar-refractivity contribution in [1.82, 2.24) is 19.9 Å². The highest BCUT2D eigenvalue weighted by Crippen LogP contribution is 2.36. The van der Waals surface area contributed by atoms with E-state index in [-0.39, 0.29) is 0 Å². The summed E-state index contributed by atoms with van der Waals surface area (Å²) in [4.78, 5) is 17.6. The number of anilines is 2. The van der Waals surface area contributed by atoms with Crippen LogP contribution in [0.25, 0.3) is 33.1 Å². The van der Waals surface area contributed by atoms with E-state index in [0.717, 1.165) is 66.9 Å². The molecule has 0 atom stereocenters. The summed E-state index contributed by atoms with van der Waals surface area (Å²) in [7, 11) is 4.18. The molecule has 0 amide bonds. The number of hydrogen-bond acceptors (Lipinski definition) is 6. The summed E-state index contributed by atoms with van der Waals surface area (Å²) >= 11 is 0. The van der Waals surface area contributed by atoms with Gasteiger partial charge in [0.15, 0.2) is 0 Å². The van der Waals surface area contributed by atoms with Crippen molar-refractivity contribution >= 4 is 33.4 Å². The molecule has 7 heteroatoms. The quantitative estimate of drug-likeness (QED) is 0.432. The molecule has 1 saturated heterocycles. The van der Waals surface area contributed by atoms with Crippen LogP contribution < -0.4 is 10.2 Å². The van der Waals surface area contributed by atoms with Gasteiger partial charge in [0.2, 0.25) is 0 Å². The smallest absolute Gasteiger partial charge is 0.143 e. The molecule has 1 aliphatic carbocycles. The second kappa shape index (κ2) is 9.47. The number of para-hydroxylation sites is 1. The van der Waals surface area contributed by atoms with Gasteiger partial charge < -0.3 is 19.9 Å². The molecule has 0 radical (unpaired) electrons. The van der Waals surface area contributed by atoms with E-state index >= 15 is 0 Å². The largest absolute Gasteiger partial charge is 0.379 e. The minimum atomic E-state index is 0.438. The maximum atomic E-state index is 5.54. The maximum Gasteiger partial charge on any atom is 0.143 e. The Morgan fingerprint density at radius 2 is 1.80 bits per heavy atom. The lowest BCUT2D eigenvalue weighted by atomic mass is 9.90. The number of aromatic amines is 1. The minimum absolute atomic E-state index is 0.438. The first kappa shape index (κ1) is 22.3. The number of fused-ring (bicyclic) bond motifs is 3. The van der Waals surface area contributed by atoms with E-state index in [2.05, 4.69) is 81.6 Å². The number of nitrogens with one attached hydrogen (secondary N) is 2. The molecule has 1 aliphatic heterocycles. The fourth-order valence-corrected chi connectivity index (χ4v) is 5.83. The second-order valence-corrected chi connectivity index (χ2v) is 10.0. The molecule has 1 saturated carbocycles. The van der Waals surface area contributed by atoms with Crippen LogP contribution >= 0.6 is 0 Å². The first-order valence-corrected chi connectivity index (χ1v) is 12.8. The molecule has 6 rings (SSSR count). The number of aromatic nitrogens is 3. The minimum Gasteiger partial charge on any atom is -0.379 e. The third-order valence-electron chi connectivity index (χ3n) is 7.69. The van der Waals surface area contributed by atoms with Crippen LogP contribution in [0.5, 0.6) is 0 Å². The van der Waals surface area contributed by atoms with Crippen molar-refractivity contribution in [2.24, 2.45) is 0 Å². The van der Waals surface area contributed by atoms with Gasteiger partial charge >= 0.3 is 0 Å². The molecule has 2 aliphatic rings. The Kier molecular flexibility index (Phi) is 6.04. The zero-order valence-electron chi connectivity index (χ0n) is 20.6. The molecule has 0 spiro atoms. The predicted molar refractivity (Wildman–Crippen MR) is 143 cm³/mol. The zero-order chi connectivity index (χ0) is 23.8. The summed E-state index contributed by atoms with van der Waals surface area (Å²) in [5.41, 5.74) is 5.60. The average Bonchev–Trinajstić information content (AvgIpc) is 3.28. The van der Waals surface area contributed by atoms with E-state index in [0.29, 0.717) is 12.1 Å². The molecular formula is C28H34N6O. The SMILES string of the molecule is CN(C)c1ccccc1-c1ccc2[nH]c3ncnc(N[C@H]4CC[C@H](N5CCOCC5)CC4)c3c2c1. The average molecular weight is 471 g/mol. The van der Waals surface area contributed by atoms with E-state index in [1.165, 1.54) is 29.7 Å². The highest BCUT2D eigenvalue weighted by Gasteiger charge is 2.27. The van der Waals surface area contributed by atoms with Crippen LogP contribution in [0.1, 0.15) is 25.7 Å². The molecule has 2 N–H and O–H groups in total. The summed E-state index contributed by atoms with van der Waals surface area (Å²) in [6.07, 6.45) is 6.45. The van der Waals surface area contributed by atoms with Gasteiger partial charge in [-0.3, -0.25) is 4.90 Å². The van der Waals surface area contributed by atoms with Gasteiger partial charge in [0.25, 0.3) is 0 Å². The Morgan fingerprint density at radius 1 is 1.00 bits per heavy atom. The van der Waals surface area contributed by atoms with Crippen molar-refractivity contribution < 1.29 is 4.74 Å². The lowest BCUT2D eigenvalue weighted by molar-refractivity contribution is 0.00791. The van der Waals surface area contributed by atoms with E-state index in [1.807, 2.05) is 0 Å². The Balaban J connectivity index is 1.29. The van der Waals surface area contributed by atoms with Crippen molar-refractivity contribution in [1.29, 1.82) is 0 Å². The van der Waals surface area contributed by atoms with E-state index in [4.69, 9.17) is 9.72 Å². The number of benzene rings is 2. The van der Waals surface area contributed by atoms with E-state index in [1.54, 1.807) is 6.33 Å².